The van der Waals surface area contributed by atoms with Gasteiger partial charge in [-0.1, -0.05) is 0 Å². The summed E-state index contributed by atoms with van der Waals surface area (Å²) in [7, 11) is -3.92. The summed E-state index contributed by atoms with van der Waals surface area (Å²) < 4.78 is 36.0. The number of halogens is 2. The zero-order valence-electron chi connectivity index (χ0n) is 10.4. The molecule has 1 saturated heterocycles. The molecule has 3 N–H and O–H groups in total. The first-order valence-electron chi connectivity index (χ1n) is 5.65. The number of anilines is 1. The van der Waals surface area contributed by atoms with E-state index in [2.05, 4.69) is 15.9 Å². The van der Waals surface area contributed by atoms with Crippen molar-refractivity contribution < 1.29 is 27.5 Å². The minimum absolute atomic E-state index is 0.0330. The summed E-state index contributed by atoms with van der Waals surface area (Å²) in [4.78, 5) is 24.1. The van der Waals surface area contributed by atoms with Gasteiger partial charge in [0.25, 0.3) is 0 Å². The average Bonchev–Trinajstić information content (AvgIpc) is 2.74. The Morgan fingerprint density at radius 3 is 2.57 bits per heavy atom. The quantitative estimate of drug-likeness (QED) is 0.799. The van der Waals surface area contributed by atoms with Crippen LogP contribution in [0, 0.1) is 5.82 Å². The highest BCUT2D eigenvalue weighted by atomic mass is 79.9. The highest BCUT2D eigenvalue weighted by molar-refractivity contribution is 9.10. The van der Waals surface area contributed by atoms with Crippen LogP contribution < -0.4 is 10.0 Å². The number of nitrogens with two attached hydrogens (primary N) is 1. The van der Waals surface area contributed by atoms with Crippen molar-refractivity contribution in [3.8, 4) is 0 Å². The Morgan fingerprint density at radius 2 is 2.10 bits per heavy atom. The van der Waals surface area contributed by atoms with Gasteiger partial charge >= 0.3 is 5.97 Å². The number of hydrogen-bond acceptors (Lipinski definition) is 4. The van der Waals surface area contributed by atoms with E-state index in [-0.39, 0.29) is 23.1 Å². The Morgan fingerprint density at radius 1 is 1.48 bits per heavy atom. The fraction of sp³-hybridized carbons (Fsp3) is 0.273. The van der Waals surface area contributed by atoms with Gasteiger partial charge in [-0.25, -0.2) is 22.7 Å². The SMILES string of the molecule is NS(=O)(=O)C1CC(=O)N(c2cc(Br)c(F)cc2C(=O)O)C1. The fourth-order valence-electron chi connectivity index (χ4n) is 2.06. The van der Waals surface area contributed by atoms with Gasteiger partial charge in [0.1, 0.15) is 11.1 Å². The first-order chi connectivity index (χ1) is 9.61. The molecule has 0 bridgehead atoms. The van der Waals surface area contributed by atoms with Crippen molar-refractivity contribution in [1.82, 2.24) is 0 Å². The molecule has 1 heterocycles. The Kier molecular flexibility index (Phi) is 4.04. The van der Waals surface area contributed by atoms with Crippen molar-refractivity contribution in [2.75, 3.05) is 11.4 Å². The molecule has 114 valence electrons. The number of carboxylic acids is 1. The Labute approximate surface area is 127 Å². The summed E-state index contributed by atoms with van der Waals surface area (Å²) in [6.07, 6.45) is -0.340. The van der Waals surface area contributed by atoms with E-state index in [0.717, 1.165) is 17.0 Å². The van der Waals surface area contributed by atoms with E-state index in [0.29, 0.717) is 0 Å². The number of sulfonamides is 1. The number of carbonyl (C=O) groups excluding carboxylic acids is 1. The lowest BCUT2D eigenvalue weighted by molar-refractivity contribution is -0.117. The van der Waals surface area contributed by atoms with Crippen LogP contribution in [-0.4, -0.2) is 37.2 Å². The summed E-state index contributed by atoms with van der Waals surface area (Å²) in [6.45, 7) is -0.268. The van der Waals surface area contributed by atoms with Gasteiger partial charge in [0.2, 0.25) is 15.9 Å². The molecule has 1 aromatic carbocycles. The Balaban J connectivity index is 2.50. The van der Waals surface area contributed by atoms with Crippen molar-refractivity contribution in [1.29, 1.82) is 0 Å². The number of nitrogens with zero attached hydrogens (tertiary/aromatic N) is 1. The second kappa shape index (κ2) is 5.35. The lowest BCUT2D eigenvalue weighted by atomic mass is 10.1. The molecule has 0 aromatic heterocycles. The van der Waals surface area contributed by atoms with Gasteiger partial charge in [-0.3, -0.25) is 4.79 Å². The van der Waals surface area contributed by atoms with E-state index in [9.17, 15) is 22.4 Å². The maximum absolute atomic E-state index is 13.4. The van der Waals surface area contributed by atoms with Gasteiger partial charge < -0.3 is 10.0 Å². The van der Waals surface area contributed by atoms with Crippen LogP contribution in [0.1, 0.15) is 16.8 Å². The summed E-state index contributed by atoms with van der Waals surface area (Å²) in [6, 6.07) is 1.89. The predicted molar refractivity (Wildman–Crippen MR) is 74.9 cm³/mol. The number of aromatic carboxylic acids is 1. The van der Waals surface area contributed by atoms with Gasteiger partial charge in [0, 0.05) is 13.0 Å². The topological polar surface area (TPSA) is 118 Å². The monoisotopic (exact) mass is 380 g/mol. The maximum Gasteiger partial charge on any atom is 0.337 e. The molecule has 1 atom stereocenters. The number of rotatable bonds is 3. The van der Waals surface area contributed by atoms with E-state index >= 15 is 0 Å². The molecule has 1 aliphatic rings. The molecule has 21 heavy (non-hydrogen) atoms. The number of hydrogen-bond donors (Lipinski definition) is 2. The zero-order valence-corrected chi connectivity index (χ0v) is 12.8. The van der Waals surface area contributed by atoms with Crippen molar-refractivity contribution in [3.05, 3.63) is 28.0 Å². The number of amides is 1. The van der Waals surface area contributed by atoms with Crippen molar-refractivity contribution in [3.63, 3.8) is 0 Å². The molecule has 0 spiro atoms. The molecular formula is C11H10BrFN2O5S. The zero-order chi connectivity index (χ0) is 15.9. The van der Waals surface area contributed by atoms with Crippen molar-refractivity contribution in [2.45, 2.75) is 11.7 Å². The minimum Gasteiger partial charge on any atom is -0.478 e. The molecule has 0 saturated carbocycles. The third kappa shape index (κ3) is 3.06. The van der Waals surface area contributed by atoms with Crippen LogP contribution in [0.5, 0.6) is 0 Å². The summed E-state index contributed by atoms with van der Waals surface area (Å²) in [5.41, 5.74) is -0.508. The number of carbonyl (C=O) groups is 2. The van der Waals surface area contributed by atoms with E-state index in [1.54, 1.807) is 0 Å². The number of carboxylic acid groups (broad SMARTS) is 1. The van der Waals surface area contributed by atoms with Crippen molar-refractivity contribution >= 4 is 43.5 Å². The molecule has 0 aliphatic carbocycles. The molecule has 0 radical (unpaired) electrons. The molecule has 7 nitrogen and oxygen atoms in total. The molecule has 1 unspecified atom stereocenters. The Bertz CT molecular complexity index is 736. The molecule has 10 heteroatoms. The lowest BCUT2D eigenvalue weighted by Crippen LogP contribution is -2.32. The second-order valence-corrected chi connectivity index (χ2v) is 7.21. The predicted octanol–water partition coefficient (Wildman–Crippen LogP) is 0.680. The van der Waals surface area contributed by atoms with E-state index < -0.39 is 38.5 Å². The van der Waals surface area contributed by atoms with Gasteiger partial charge in [-0.05, 0) is 28.1 Å². The van der Waals surface area contributed by atoms with Crippen LogP contribution in [0.4, 0.5) is 10.1 Å². The van der Waals surface area contributed by atoms with Crippen LogP contribution in [0.3, 0.4) is 0 Å². The Hall–Kier alpha value is -1.52. The molecule has 1 aliphatic heterocycles. The fourth-order valence-corrected chi connectivity index (χ4v) is 3.12. The van der Waals surface area contributed by atoms with Crippen LogP contribution in [0.15, 0.2) is 16.6 Å². The minimum atomic E-state index is -3.92. The van der Waals surface area contributed by atoms with E-state index in [1.807, 2.05) is 0 Å². The van der Waals surface area contributed by atoms with Gasteiger partial charge in [0.15, 0.2) is 0 Å². The lowest BCUT2D eigenvalue weighted by Gasteiger charge is -2.19. The van der Waals surface area contributed by atoms with Crippen molar-refractivity contribution in [2.24, 2.45) is 5.14 Å². The summed E-state index contributed by atoms with van der Waals surface area (Å²) in [5, 5.41) is 13.0. The number of benzene rings is 1. The normalized spacial score (nSPS) is 19.1. The highest BCUT2D eigenvalue weighted by Gasteiger charge is 2.38. The van der Waals surface area contributed by atoms with E-state index in [1.165, 1.54) is 0 Å². The third-order valence-electron chi connectivity index (χ3n) is 3.11. The van der Waals surface area contributed by atoms with Crippen LogP contribution in [0.25, 0.3) is 0 Å². The van der Waals surface area contributed by atoms with Crippen LogP contribution in [-0.2, 0) is 14.8 Å². The maximum atomic E-state index is 13.4. The van der Waals surface area contributed by atoms with Gasteiger partial charge in [0.05, 0.1) is 15.7 Å². The first-order valence-corrected chi connectivity index (χ1v) is 8.06. The molecular weight excluding hydrogens is 371 g/mol. The second-order valence-electron chi connectivity index (χ2n) is 4.51. The molecule has 2 rings (SSSR count). The summed E-state index contributed by atoms with van der Waals surface area (Å²) in [5.74, 6) is -2.82. The van der Waals surface area contributed by atoms with Crippen LogP contribution >= 0.6 is 15.9 Å². The molecule has 1 amide bonds. The van der Waals surface area contributed by atoms with Gasteiger partial charge in [-0.2, -0.15) is 0 Å². The first kappa shape index (κ1) is 15.9. The average molecular weight is 381 g/mol. The molecule has 1 fully saturated rings. The highest BCUT2D eigenvalue weighted by Crippen LogP contribution is 2.31. The largest absolute Gasteiger partial charge is 0.478 e. The van der Waals surface area contributed by atoms with Crippen LogP contribution in [0.2, 0.25) is 0 Å². The third-order valence-corrected chi connectivity index (χ3v) is 4.97. The standard InChI is InChI=1S/C11H10BrFN2O5S/c12-7-3-9(6(11(17)18)2-8(7)13)15-4-5(1-10(15)16)21(14,19)20/h2-3,5H,1,4H2,(H,17,18)(H2,14,19,20). The van der Waals surface area contributed by atoms with Gasteiger partial charge in [-0.15, -0.1) is 0 Å². The summed E-state index contributed by atoms with van der Waals surface area (Å²) >= 11 is 2.90. The van der Waals surface area contributed by atoms with E-state index in [4.69, 9.17) is 10.2 Å². The smallest absolute Gasteiger partial charge is 0.337 e. The number of primary sulfonamides is 1. The molecule has 1 aromatic rings.